The van der Waals surface area contributed by atoms with Crippen LogP contribution in [-0.4, -0.2) is 0 Å². The van der Waals surface area contributed by atoms with E-state index in [2.05, 4.69) is 509 Å². The van der Waals surface area contributed by atoms with Gasteiger partial charge in [0.15, 0.2) is 0 Å². The number of hydrogen-bond donors (Lipinski definition) is 0. The van der Waals surface area contributed by atoms with Crippen molar-refractivity contribution in [2.45, 2.75) is 35.5 Å². The van der Waals surface area contributed by atoms with Gasteiger partial charge >= 0.3 is 0 Å². The summed E-state index contributed by atoms with van der Waals surface area (Å²) >= 11 is 3.74. The highest BCUT2D eigenvalue weighted by molar-refractivity contribution is 7.26. The lowest BCUT2D eigenvalue weighted by Crippen LogP contribution is -2.44. The van der Waals surface area contributed by atoms with Gasteiger partial charge in [0.05, 0.1) is 16.2 Å². The van der Waals surface area contributed by atoms with Crippen molar-refractivity contribution < 1.29 is 0 Å². The van der Waals surface area contributed by atoms with Gasteiger partial charge in [-0.3, -0.25) is 0 Å². The molecule has 0 unspecified atom stereocenters. The van der Waals surface area contributed by atoms with Crippen molar-refractivity contribution in [1.82, 2.24) is 0 Å². The molecule has 0 radical (unpaired) electrons. The molecule has 2 heterocycles. The van der Waals surface area contributed by atoms with E-state index < -0.39 is 16.2 Å². The second kappa shape index (κ2) is 30.6. The average molecular weight is 1690 g/mol. The molecule has 20 aromatic carbocycles. The number of hydrogen-bond acceptors (Lipinski definition) is 4. The van der Waals surface area contributed by atoms with Gasteiger partial charge in [-0.05, 0) is 242 Å². The van der Waals surface area contributed by atoms with E-state index in [1.165, 1.54) is 185 Å². The third-order valence-corrected chi connectivity index (χ3v) is 30.9. The lowest BCUT2D eigenvalue weighted by molar-refractivity contribution is 0.563. The van der Waals surface area contributed by atoms with E-state index in [-0.39, 0.29) is 5.41 Å². The molecule has 0 fully saturated rings. The van der Waals surface area contributed by atoms with Crippen molar-refractivity contribution in [1.29, 1.82) is 0 Å². The number of anilines is 6. The Morgan fingerprint density at radius 3 is 0.792 bits per heavy atom. The molecule has 2 spiro atoms. The van der Waals surface area contributed by atoms with E-state index in [1.807, 2.05) is 22.7 Å². The van der Waals surface area contributed by atoms with Crippen LogP contribution in [0, 0.1) is 0 Å². The third kappa shape index (κ3) is 11.6. The summed E-state index contributed by atoms with van der Waals surface area (Å²) in [7, 11) is 0. The summed E-state index contributed by atoms with van der Waals surface area (Å²) < 4.78 is 5.27. The molecule has 612 valence electrons. The molecule has 4 aliphatic carbocycles. The molecule has 2 aromatic heterocycles. The lowest BCUT2D eigenvalue weighted by atomic mass is 9.51. The van der Waals surface area contributed by atoms with Gasteiger partial charge < -0.3 is 9.80 Å². The molecule has 4 heteroatoms. The van der Waals surface area contributed by atoms with Gasteiger partial charge in [0.25, 0.3) is 0 Å². The highest BCUT2D eigenvalue weighted by Gasteiger charge is 2.58. The van der Waals surface area contributed by atoms with Crippen LogP contribution in [-0.2, 0) is 21.7 Å². The van der Waals surface area contributed by atoms with Gasteiger partial charge in [-0.2, -0.15) is 0 Å². The molecule has 2 nitrogen and oxygen atoms in total. The number of rotatable bonds is 12. The maximum absolute atomic E-state index is 2.51. The second-order valence-electron chi connectivity index (χ2n) is 35.5. The van der Waals surface area contributed by atoms with Crippen molar-refractivity contribution in [3.63, 3.8) is 0 Å². The molecule has 130 heavy (non-hydrogen) atoms. The minimum absolute atomic E-state index is 0.151. The summed E-state index contributed by atoms with van der Waals surface area (Å²) in [5.41, 5.74) is 38.3. The first kappa shape index (κ1) is 76.8. The standard InChI is InChI=1S/C68H45NS.C58H41NS/c1-4-19-46(20-5-1)47-35-39-51(40-36-47)69(52-41-37-48(38-42-52)54-27-18-34-65-66(54)57-26-11-17-33-64(57)70-65)53-43-44-56-55-25-10-12-28-58(55)68(63(56)45-53)61-31-15-13-29-59(61)67(49-21-6-2-7-22-49,50-23-8-3-9-24-50)60-30-14-16-32-62(60)68;1-57(2)49-21-9-11-23-51(49)58(52-24-12-10-22-50(52)57)48-20-8-6-17-45(48)46-36-35-43(37-53(46)58)59(41-31-27-39(28-32-41)38-15-4-3-5-16-38)42-33-29-40(30-34-42)44-19-14-26-55-56(44)47-18-7-13-25-54(47)60-55/h1-45H;3-37H,1-2H3. The maximum Gasteiger partial charge on any atom is 0.0720 e. The quantitative estimate of drug-likeness (QED) is 0.120. The lowest BCUT2D eigenvalue weighted by Gasteiger charge is -2.50. The Morgan fingerprint density at radius 2 is 0.423 bits per heavy atom. The molecule has 0 N–H and O–H groups in total. The van der Waals surface area contributed by atoms with E-state index in [1.54, 1.807) is 0 Å². The molecule has 22 aromatic rings. The summed E-state index contributed by atoms with van der Waals surface area (Å²) in [6.45, 7) is 4.78. The molecular weight excluding hydrogens is 1610 g/mol. The first-order chi connectivity index (χ1) is 64.2. The van der Waals surface area contributed by atoms with Crippen LogP contribution < -0.4 is 9.80 Å². The molecular formula is C126H86N2S2. The first-order valence-corrected chi connectivity index (χ1v) is 46.8. The van der Waals surface area contributed by atoms with Gasteiger partial charge in [-0.15, -0.1) is 22.7 Å². The Bertz CT molecular complexity index is 8030. The molecule has 26 rings (SSSR count). The minimum Gasteiger partial charge on any atom is -0.310 e. The van der Waals surface area contributed by atoms with Gasteiger partial charge in [0.1, 0.15) is 0 Å². The normalized spacial score (nSPS) is 13.9. The second-order valence-corrected chi connectivity index (χ2v) is 37.7. The monoisotopic (exact) mass is 1690 g/mol. The SMILES string of the molecule is CC1(C)c2ccccc2C2(c3ccccc3-c3ccc(N(c4ccc(-c5ccccc5)cc4)c4ccc(-c5cccc6sc7ccccc7c56)cc4)cc32)c2ccccc21.c1ccc(-c2ccc(N(c3ccc(-c4cccc5sc6ccccc6c45)cc3)c3ccc4c(c3)C3(c5ccccc5-4)c4ccccc4C(c4ccccc4)(c4ccccc4)c4ccccc43)cc2)cc1. The Labute approximate surface area is 766 Å². The van der Waals surface area contributed by atoms with Gasteiger partial charge in [-0.25, -0.2) is 0 Å². The molecule has 0 aliphatic heterocycles. The van der Waals surface area contributed by atoms with Gasteiger partial charge in [0, 0.05) is 79.9 Å². The van der Waals surface area contributed by atoms with E-state index in [0.717, 1.165) is 34.1 Å². The summed E-state index contributed by atoms with van der Waals surface area (Å²) in [4.78, 5) is 4.90. The predicted octanol–water partition coefficient (Wildman–Crippen LogP) is 33.8. The van der Waals surface area contributed by atoms with Gasteiger partial charge in [-0.1, -0.05) is 402 Å². The highest BCUT2D eigenvalue weighted by Crippen LogP contribution is 2.67. The number of nitrogens with zero attached hydrogens (tertiary/aromatic N) is 2. The zero-order valence-electron chi connectivity index (χ0n) is 71.9. The molecule has 0 saturated carbocycles. The van der Waals surface area contributed by atoms with Crippen LogP contribution in [0.2, 0.25) is 0 Å². The van der Waals surface area contributed by atoms with Crippen molar-refractivity contribution in [2.24, 2.45) is 0 Å². The van der Waals surface area contributed by atoms with Crippen LogP contribution in [0.25, 0.3) is 107 Å². The smallest absolute Gasteiger partial charge is 0.0720 e. The number of thiophene rings is 2. The molecule has 4 aliphatic rings. The third-order valence-electron chi connectivity index (χ3n) is 28.6. The van der Waals surface area contributed by atoms with E-state index >= 15 is 0 Å². The summed E-state index contributed by atoms with van der Waals surface area (Å²) in [5, 5.41) is 5.29. The first-order valence-electron chi connectivity index (χ1n) is 45.2. The molecule has 0 bridgehead atoms. The fourth-order valence-electron chi connectivity index (χ4n) is 23.1. The Hall–Kier alpha value is -15.6. The van der Waals surface area contributed by atoms with Crippen LogP contribution in [0.4, 0.5) is 34.1 Å². The zero-order chi connectivity index (χ0) is 86.2. The molecule has 0 amide bonds. The van der Waals surface area contributed by atoms with E-state index in [4.69, 9.17) is 0 Å². The summed E-state index contributed by atoms with van der Waals surface area (Å²) in [6.07, 6.45) is 0. The van der Waals surface area contributed by atoms with Crippen molar-refractivity contribution >= 4 is 97.1 Å². The van der Waals surface area contributed by atoms with E-state index in [0.29, 0.717) is 0 Å². The Morgan fingerprint density at radius 1 is 0.169 bits per heavy atom. The number of benzene rings is 20. The maximum atomic E-state index is 2.51. The van der Waals surface area contributed by atoms with Crippen LogP contribution in [0.15, 0.2) is 485 Å². The van der Waals surface area contributed by atoms with Crippen LogP contribution in [0.3, 0.4) is 0 Å². The Balaban J connectivity index is 0.000000142. The molecule has 0 saturated heterocycles. The highest BCUT2D eigenvalue weighted by atomic mass is 32.1. The average Bonchev–Trinajstić information content (AvgIpc) is 1.41. The van der Waals surface area contributed by atoms with Crippen LogP contribution in [0.1, 0.15) is 91.7 Å². The van der Waals surface area contributed by atoms with Crippen molar-refractivity contribution in [3.05, 3.63) is 563 Å². The van der Waals surface area contributed by atoms with Crippen LogP contribution >= 0.6 is 22.7 Å². The van der Waals surface area contributed by atoms with Crippen molar-refractivity contribution in [2.75, 3.05) is 9.80 Å². The minimum atomic E-state index is -0.614. The number of fused-ring (bicyclic) bond motifs is 24. The Kier molecular flexibility index (Phi) is 18.1. The largest absolute Gasteiger partial charge is 0.310 e. The predicted molar refractivity (Wildman–Crippen MR) is 548 cm³/mol. The van der Waals surface area contributed by atoms with Crippen LogP contribution in [0.5, 0.6) is 0 Å². The summed E-state index contributed by atoms with van der Waals surface area (Å²) in [5.74, 6) is 0. The zero-order valence-corrected chi connectivity index (χ0v) is 73.5. The fourth-order valence-corrected chi connectivity index (χ4v) is 25.3. The van der Waals surface area contributed by atoms with Gasteiger partial charge in [0.2, 0.25) is 0 Å². The summed E-state index contributed by atoms with van der Waals surface area (Å²) in [6, 6.07) is 181. The molecule has 0 atom stereocenters. The topological polar surface area (TPSA) is 6.48 Å². The fraction of sp³-hybridized carbons (Fsp3) is 0.0476. The van der Waals surface area contributed by atoms with E-state index in [9.17, 15) is 0 Å². The van der Waals surface area contributed by atoms with Crippen molar-refractivity contribution in [3.8, 4) is 66.8 Å².